The lowest BCUT2D eigenvalue weighted by Crippen LogP contribution is -2.27. The monoisotopic (exact) mass is 408 g/mol. The van der Waals surface area contributed by atoms with Gasteiger partial charge in [-0.1, -0.05) is 30.3 Å². The van der Waals surface area contributed by atoms with E-state index in [1.165, 1.54) is 0 Å². The Morgan fingerprint density at radius 1 is 1.03 bits per heavy atom. The topological polar surface area (TPSA) is 106 Å². The second-order valence-electron chi connectivity index (χ2n) is 6.59. The Bertz CT molecular complexity index is 1060. The molecular weight excluding hydrogens is 384 g/mol. The summed E-state index contributed by atoms with van der Waals surface area (Å²) in [6, 6.07) is 14.8. The van der Waals surface area contributed by atoms with Crippen LogP contribution in [0.4, 0.5) is 0 Å². The summed E-state index contributed by atoms with van der Waals surface area (Å²) in [5.74, 6) is 1.65. The molecule has 0 saturated carbocycles. The van der Waals surface area contributed by atoms with Crippen molar-refractivity contribution in [3.63, 3.8) is 0 Å². The summed E-state index contributed by atoms with van der Waals surface area (Å²) in [6.07, 6.45) is 1.02. The number of rotatable bonds is 9. The van der Waals surface area contributed by atoms with Crippen molar-refractivity contribution in [1.82, 2.24) is 20.5 Å². The first-order valence-corrected chi connectivity index (χ1v) is 9.59. The smallest absolute Gasteiger partial charge is 0.273 e. The van der Waals surface area contributed by atoms with Crippen LogP contribution in [0.2, 0.25) is 0 Å². The van der Waals surface area contributed by atoms with E-state index in [4.69, 9.17) is 9.47 Å². The highest BCUT2D eigenvalue weighted by molar-refractivity contribution is 5.76. The minimum absolute atomic E-state index is 0.150. The van der Waals surface area contributed by atoms with E-state index in [2.05, 4.69) is 20.5 Å². The molecule has 1 heterocycles. The number of hydrogen-bond donors (Lipinski definition) is 2. The average molecular weight is 408 g/mol. The summed E-state index contributed by atoms with van der Waals surface area (Å²) in [4.78, 5) is 27.1. The predicted octanol–water partition coefficient (Wildman–Crippen LogP) is 2.14. The van der Waals surface area contributed by atoms with Crippen molar-refractivity contribution < 1.29 is 14.3 Å². The lowest BCUT2D eigenvalue weighted by atomic mass is 10.1. The van der Waals surface area contributed by atoms with Crippen LogP contribution < -0.4 is 20.3 Å². The molecule has 0 saturated heterocycles. The number of nitrogens with zero attached hydrogens (tertiary/aromatic N) is 2. The summed E-state index contributed by atoms with van der Waals surface area (Å²) in [5.41, 5.74) is 1.58. The van der Waals surface area contributed by atoms with Crippen LogP contribution in [0.3, 0.4) is 0 Å². The SMILES string of the molecule is COc1cccc(-c2nnc(CCC(=O)NCCc3ccccc3OC)c(=O)[nH]2)c1. The molecule has 1 aromatic heterocycles. The molecule has 0 unspecified atom stereocenters. The van der Waals surface area contributed by atoms with Gasteiger partial charge in [0.05, 0.1) is 14.2 Å². The Hall–Kier alpha value is -3.68. The fourth-order valence-corrected chi connectivity index (χ4v) is 2.99. The van der Waals surface area contributed by atoms with Gasteiger partial charge in [0.25, 0.3) is 5.56 Å². The zero-order chi connectivity index (χ0) is 21.3. The number of para-hydroxylation sites is 1. The van der Waals surface area contributed by atoms with E-state index in [0.717, 1.165) is 11.3 Å². The Balaban J connectivity index is 1.52. The number of nitrogens with one attached hydrogen (secondary N) is 2. The number of aryl methyl sites for hydroxylation is 1. The first kappa shape index (κ1) is 21.0. The van der Waals surface area contributed by atoms with Crippen molar-refractivity contribution in [1.29, 1.82) is 0 Å². The standard InChI is InChI=1S/C22H24N4O4/c1-29-17-8-5-7-16(14-17)21-24-22(28)18(25-26-21)10-11-20(27)23-13-12-15-6-3-4-9-19(15)30-2/h3-9,14H,10-13H2,1-2H3,(H,23,27)(H,24,26,28). The van der Waals surface area contributed by atoms with Crippen molar-refractivity contribution >= 4 is 5.91 Å². The van der Waals surface area contributed by atoms with Gasteiger partial charge in [-0.3, -0.25) is 9.59 Å². The molecule has 1 amide bonds. The Morgan fingerprint density at radius 2 is 1.87 bits per heavy atom. The molecule has 0 fully saturated rings. The highest BCUT2D eigenvalue weighted by Gasteiger charge is 2.10. The minimum Gasteiger partial charge on any atom is -0.497 e. The molecule has 0 aliphatic carbocycles. The maximum atomic E-state index is 12.3. The number of hydrogen-bond acceptors (Lipinski definition) is 6. The van der Waals surface area contributed by atoms with Gasteiger partial charge in [0.15, 0.2) is 5.82 Å². The fourth-order valence-electron chi connectivity index (χ4n) is 2.99. The third-order valence-corrected chi connectivity index (χ3v) is 4.61. The summed E-state index contributed by atoms with van der Waals surface area (Å²) in [5, 5.41) is 10.9. The first-order chi connectivity index (χ1) is 14.6. The number of amides is 1. The Morgan fingerprint density at radius 3 is 2.63 bits per heavy atom. The summed E-state index contributed by atoms with van der Waals surface area (Å²) < 4.78 is 10.5. The zero-order valence-corrected chi connectivity index (χ0v) is 17.0. The summed E-state index contributed by atoms with van der Waals surface area (Å²) >= 11 is 0. The lowest BCUT2D eigenvalue weighted by molar-refractivity contribution is -0.121. The molecule has 0 atom stereocenters. The summed E-state index contributed by atoms with van der Waals surface area (Å²) in [6.45, 7) is 0.482. The average Bonchev–Trinajstić information content (AvgIpc) is 2.78. The van der Waals surface area contributed by atoms with E-state index in [1.807, 2.05) is 24.3 Å². The number of ether oxygens (including phenoxy) is 2. The number of benzene rings is 2. The summed E-state index contributed by atoms with van der Waals surface area (Å²) in [7, 11) is 3.19. The van der Waals surface area contributed by atoms with E-state index in [9.17, 15) is 9.59 Å². The molecular formula is C22H24N4O4. The van der Waals surface area contributed by atoms with Crippen LogP contribution in [-0.2, 0) is 17.6 Å². The molecule has 0 bridgehead atoms. The van der Waals surface area contributed by atoms with Crippen molar-refractivity contribution in [2.75, 3.05) is 20.8 Å². The lowest BCUT2D eigenvalue weighted by Gasteiger charge is -2.09. The van der Waals surface area contributed by atoms with Gasteiger partial charge in [0, 0.05) is 24.9 Å². The third-order valence-electron chi connectivity index (χ3n) is 4.61. The largest absolute Gasteiger partial charge is 0.497 e. The number of methoxy groups -OCH3 is 2. The number of H-pyrrole nitrogens is 1. The van der Waals surface area contributed by atoms with E-state index < -0.39 is 0 Å². The number of aromatic amines is 1. The zero-order valence-electron chi connectivity index (χ0n) is 17.0. The predicted molar refractivity (Wildman–Crippen MR) is 113 cm³/mol. The number of aromatic nitrogens is 3. The van der Waals surface area contributed by atoms with Gasteiger partial charge in [-0.05, 0) is 30.2 Å². The molecule has 156 valence electrons. The van der Waals surface area contributed by atoms with Crippen LogP contribution >= 0.6 is 0 Å². The van der Waals surface area contributed by atoms with Crippen LogP contribution in [0, 0.1) is 0 Å². The van der Waals surface area contributed by atoms with Crippen molar-refractivity contribution in [3.8, 4) is 22.9 Å². The fraction of sp³-hybridized carbons (Fsp3) is 0.273. The van der Waals surface area contributed by atoms with E-state index in [1.54, 1.807) is 38.5 Å². The van der Waals surface area contributed by atoms with Crippen LogP contribution in [0.1, 0.15) is 17.7 Å². The Labute approximate surface area is 174 Å². The third kappa shape index (κ3) is 5.44. The first-order valence-electron chi connectivity index (χ1n) is 9.59. The van der Waals surface area contributed by atoms with Crippen molar-refractivity contribution in [2.24, 2.45) is 0 Å². The number of carbonyl (C=O) groups is 1. The van der Waals surface area contributed by atoms with Gasteiger partial charge in [-0.25, -0.2) is 0 Å². The van der Waals surface area contributed by atoms with Gasteiger partial charge < -0.3 is 19.8 Å². The quantitative estimate of drug-likeness (QED) is 0.562. The van der Waals surface area contributed by atoms with E-state index in [0.29, 0.717) is 30.1 Å². The second kappa shape index (κ2) is 10.2. The molecule has 0 aliphatic heterocycles. The van der Waals surface area contributed by atoms with Gasteiger partial charge in [-0.2, -0.15) is 0 Å². The molecule has 8 heteroatoms. The van der Waals surface area contributed by atoms with Gasteiger partial charge in [-0.15, -0.1) is 10.2 Å². The molecule has 30 heavy (non-hydrogen) atoms. The molecule has 0 spiro atoms. The number of carbonyl (C=O) groups excluding carboxylic acids is 1. The Kier molecular flexibility index (Phi) is 7.15. The van der Waals surface area contributed by atoms with E-state index >= 15 is 0 Å². The molecule has 0 radical (unpaired) electrons. The normalized spacial score (nSPS) is 10.5. The minimum atomic E-state index is -0.357. The molecule has 2 aromatic carbocycles. The molecule has 3 aromatic rings. The second-order valence-corrected chi connectivity index (χ2v) is 6.59. The molecule has 0 aliphatic rings. The highest BCUT2D eigenvalue weighted by Crippen LogP contribution is 2.19. The van der Waals surface area contributed by atoms with Crippen LogP contribution in [0.25, 0.3) is 11.4 Å². The van der Waals surface area contributed by atoms with Crippen molar-refractivity contribution in [3.05, 3.63) is 70.1 Å². The van der Waals surface area contributed by atoms with Crippen LogP contribution in [0.15, 0.2) is 53.3 Å². The van der Waals surface area contributed by atoms with Crippen LogP contribution in [0.5, 0.6) is 11.5 Å². The maximum absolute atomic E-state index is 12.3. The van der Waals surface area contributed by atoms with E-state index in [-0.39, 0.29) is 30.0 Å². The van der Waals surface area contributed by atoms with Gasteiger partial charge >= 0.3 is 0 Å². The highest BCUT2D eigenvalue weighted by atomic mass is 16.5. The van der Waals surface area contributed by atoms with Gasteiger partial charge in [0.2, 0.25) is 5.91 Å². The molecule has 3 rings (SSSR count). The van der Waals surface area contributed by atoms with Crippen LogP contribution in [-0.4, -0.2) is 41.9 Å². The molecule has 2 N–H and O–H groups in total. The molecule has 8 nitrogen and oxygen atoms in total. The van der Waals surface area contributed by atoms with Crippen molar-refractivity contribution in [2.45, 2.75) is 19.3 Å². The maximum Gasteiger partial charge on any atom is 0.273 e. The van der Waals surface area contributed by atoms with Gasteiger partial charge in [0.1, 0.15) is 17.2 Å².